The first-order chi connectivity index (χ1) is 6.09. The van der Waals surface area contributed by atoms with Gasteiger partial charge in [0.1, 0.15) is 5.15 Å². The first-order valence-corrected chi connectivity index (χ1v) is 5.14. The van der Waals surface area contributed by atoms with Gasteiger partial charge < -0.3 is 0 Å². The van der Waals surface area contributed by atoms with Crippen molar-refractivity contribution in [2.24, 2.45) is 0 Å². The summed E-state index contributed by atoms with van der Waals surface area (Å²) in [5.41, 5.74) is 1.02. The molecule has 0 aliphatic rings. The molecule has 1 rings (SSSR count). The van der Waals surface area contributed by atoms with Crippen molar-refractivity contribution in [3.8, 4) is 0 Å². The number of halogens is 1. The highest BCUT2D eigenvalue weighted by Crippen LogP contribution is 2.28. The van der Waals surface area contributed by atoms with E-state index in [9.17, 15) is 4.79 Å². The third kappa shape index (κ3) is 3.36. The molecule has 0 spiro atoms. The Morgan fingerprint density at radius 3 is 2.77 bits per heavy atom. The third-order valence-corrected chi connectivity index (χ3v) is 2.74. The number of thioether (sulfide) groups is 1. The minimum Gasteiger partial charge on any atom is -0.288 e. The van der Waals surface area contributed by atoms with Crippen molar-refractivity contribution in [1.29, 1.82) is 0 Å². The van der Waals surface area contributed by atoms with Crippen molar-refractivity contribution < 1.29 is 4.79 Å². The summed E-state index contributed by atoms with van der Waals surface area (Å²) in [5.74, 6) is 0. The Morgan fingerprint density at radius 1 is 1.62 bits per heavy atom. The molecule has 1 aromatic heterocycles. The van der Waals surface area contributed by atoms with E-state index in [2.05, 4.69) is 4.98 Å². The summed E-state index contributed by atoms with van der Waals surface area (Å²) in [4.78, 5) is 14.8. The van der Waals surface area contributed by atoms with E-state index in [0.29, 0.717) is 5.15 Å². The molecular formula is C9H10ClNOS. The number of carbonyl (C=O) groups excluding carboxylic acids is 1. The molecule has 0 saturated carbocycles. The number of hydrogen-bond acceptors (Lipinski definition) is 3. The van der Waals surface area contributed by atoms with Crippen LogP contribution in [0.2, 0.25) is 5.15 Å². The fraction of sp³-hybridized carbons (Fsp3) is 0.333. The lowest BCUT2D eigenvalue weighted by atomic mass is 10.2. The van der Waals surface area contributed by atoms with Crippen molar-refractivity contribution in [2.75, 3.05) is 0 Å². The normalized spacial score (nSPS) is 12.5. The number of aromatic nitrogens is 1. The zero-order valence-electron chi connectivity index (χ0n) is 7.45. The van der Waals surface area contributed by atoms with Crippen LogP contribution in [-0.4, -0.2) is 10.1 Å². The lowest BCUT2D eigenvalue weighted by molar-refractivity contribution is -0.109. The standard InChI is InChI=1S/C9H10ClNOS/c1-6(13-7(2)12)8-3-4-9(10)11-5-8/h3-6H,1-2H3. The molecule has 70 valence electrons. The Hall–Kier alpha value is -0.540. The van der Waals surface area contributed by atoms with E-state index < -0.39 is 0 Å². The van der Waals surface area contributed by atoms with Gasteiger partial charge in [-0.3, -0.25) is 4.79 Å². The van der Waals surface area contributed by atoms with Crippen molar-refractivity contribution in [1.82, 2.24) is 4.98 Å². The van der Waals surface area contributed by atoms with Crippen LogP contribution in [0.1, 0.15) is 24.7 Å². The van der Waals surface area contributed by atoms with Gasteiger partial charge in [0, 0.05) is 18.4 Å². The van der Waals surface area contributed by atoms with Gasteiger partial charge in [-0.05, 0) is 18.6 Å². The van der Waals surface area contributed by atoms with Crippen LogP contribution in [0.15, 0.2) is 18.3 Å². The summed E-state index contributed by atoms with van der Waals surface area (Å²) in [6.45, 7) is 3.53. The van der Waals surface area contributed by atoms with E-state index >= 15 is 0 Å². The van der Waals surface area contributed by atoms with Gasteiger partial charge in [-0.2, -0.15) is 0 Å². The number of rotatable bonds is 2. The minimum absolute atomic E-state index is 0.113. The average Bonchev–Trinajstić information content (AvgIpc) is 2.04. The van der Waals surface area contributed by atoms with Crippen molar-refractivity contribution in [3.63, 3.8) is 0 Å². The summed E-state index contributed by atoms with van der Waals surface area (Å²) < 4.78 is 0. The molecular weight excluding hydrogens is 206 g/mol. The van der Waals surface area contributed by atoms with Crippen LogP contribution in [-0.2, 0) is 4.79 Å². The number of hydrogen-bond donors (Lipinski definition) is 0. The van der Waals surface area contributed by atoms with E-state index in [0.717, 1.165) is 5.56 Å². The van der Waals surface area contributed by atoms with Crippen molar-refractivity contribution in [2.45, 2.75) is 19.1 Å². The molecule has 2 nitrogen and oxygen atoms in total. The first-order valence-electron chi connectivity index (χ1n) is 3.88. The highest BCUT2D eigenvalue weighted by molar-refractivity contribution is 8.13. The second-order valence-electron chi connectivity index (χ2n) is 2.67. The van der Waals surface area contributed by atoms with Crippen LogP contribution < -0.4 is 0 Å². The van der Waals surface area contributed by atoms with Crippen LogP contribution in [0.5, 0.6) is 0 Å². The largest absolute Gasteiger partial charge is 0.288 e. The van der Waals surface area contributed by atoms with Gasteiger partial charge >= 0.3 is 0 Å². The molecule has 0 aromatic carbocycles. The van der Waals surface area contributed by atoms with Crippen LogP contribution in [0.25, 0.3) is 0 Å². The molecule has 4 heteroatoms. The first kappa shape index (κ1) is 10.5. The van der Waals surface area contributed by atoms with E-state index in [1.165, 1.54) is 11.8 Å². The fourth-order valence-electron chi connectivity index (χ4n) is 0.945. The van der Waals surface area contributed by atoms with E-state index in [1.807, 2.05) is 13.0 Å². The Morgan fingerprint density at radius 2 is 2.31 bits per heavy atom. The predicted molar refractivity (Wildman–Crippen MR) is 55.9 cm³/mol. The lowest BCUT2D eigenvalue weighted by Crippen LogP contribution is -1.93. The third-order valence-electron chi connectivity index (χ3n) is 1.56. The fourth-order valence-corrected chi connectivity index (χ4v) is 1.83. The topological polar surface area (TPSA) is 30.0 Å². The van der Waals surface area contributed by atoms with Gasteiger partial charge in [-0.1, -0.05) is 29.4 Å². The average molecular weight is 216 g/mol. The maximum Gasteiger partial charge on any atom is 0.186 e. The Balaban J connectivity index is 2.71. The second-order valence-corrected chi connectivity index (χ2v) is 4.57. The summed E-state index contributed by atoms with van der Waals surface area (Å²) in [6.07, 6.45) is 1.70. The summed E-state index contributed by atoms with van der Waals surface area (Å²) in [7, 11) is 0. The van der Waals surface area contributed by atoms with Gasteiger partial charge in [-0.25, -0.2) is 4.98 Å². The van der Waals surface area contributed by atoms with Crippen LogP contribution in [0.3, 0.4) is 0 Å². The number of carbonyl (C=O) groups is 1. The molecule has 1 heterocycles. The van der Waals surface area contributed by atoms with E-state index in [-0.39, 0.29) is 10.4 Å². The molecule has 1 atom stereocenters. The van der Waals surface area contributed by atoms with Crippen LogP contribution in [0, 0.1) is 0 Å². The Labute approximate surface area is 86.7 Å². The van der Waals surface area contributed by atoms with Gasteiger partial charge in [0.05, 0.1) is 0 Å². The molecule has 1 unspecified atom stereocenters. The highest BCUT2D eigenvalue weighted by atomic mass is 35.5. The quantitative estimate of drug-likeness (QED) is 0.711. The molecule has 13 heavy (non-hydrogen) atoms. The van der Waals surface area contributed by atoms with Gasteiger partial charge in [0.15, 0.2) is 5.12 Å². The molecule has 0 amide bonds. The maximum absolute atomic E-state index is 10.8. The number of pyridine rings is 1. The number of nitrogens with zero attached hydrogens (tertiary/aromatic N) is 1. The molecule has 0 aliphatic heterocycles. The molecule has 0 fully saturated rings. The van der Waals surface area contributed by atoms with Crippen LogP contribution >= 0.6 is 23.4 Å². The zero-order valence-corrected chi connectivity index (χ0v) is 9.02. The van der Waals surface area contributed by atoms with Crippen molar-refractivity contribution >= 4 is 28.5 Å². The van der Waals surface area contributed by atoms with Gasteiger partial charge in [0.25, 0.3) is 0 Å². The second kappa shape index (κ2) is 4.63. The highest BCUT2D eigenvalue weighted by Gasteiger charge is 2.08. The molecule has 0 radical (unpaired) electrons. The lowest BCUT2D eigenvalue weighted by Gasteiger charge is -2.07. The maximum atomic E-state index is 10.8. The summed E-state index contributed by atoms with van der Waals surface area (Å²) >= 11 is 6.93. The molecule has 0 aliphatic carbocycles. The predicted octanol–water partition coefficient (Wildman–Crippen LogP) is 3.08. The Bertz CT molecular complexity index is 299. The molecule has 0 bridgehead atoms. The minimum atomic E-state index is 0.113. The monoisotopic (exact) mass is 215 g/mol. The summed E-state index contributed by atoms with van der Waals surface area (Å²) in [5, 5.41) is 0.730. The van der Waals surface area contributed by atoms with Gasteiger partial charge in [0.2, 0.25) is 0 Å². The molecule has 0 N–H and O–H groups in total. The van der Waals surface area contributed by atoms with E-state index in [1.54, 1.807) is 19.2 Å². The van der Waals surface area contributed by atoms with Crippen molar-refractivity contribution in [3.05, 3.63) is 29.0 Å². The SMILES string of the molecule is CC(=O)SC(C)c1ccc(Cl)nc1. The molecule has 0 saturated heterocycles. The van der Waals surface area contributed by atoms with Crippen LogP contribution in [0.4, 0.5) is 0 Å². The zero-order chi connectivity index (χ0) is 9.84. The Kier molecular flexibility index (Phi) is 3.75. The summed E-state index contributed by atoms with van der Waals surface area (Å²) in [6, 6.07) is 3.62. The molecule has 1 aromatic rings. The van der Waals surface area contributed by atoms with E-state index in [4.69, 9.17) is 11.6 Å². The smallest absolute Gasteiger partial charge is 0.186 e. The van der Waals surface area contributed by atoms with Gasteiger partial charge in [-0.15, -0.1) is 0 Å².